The maximum atomic E-state index is 12.5. The van der Waals surface area contributed by atoms with Crippen LogP contribution in [0.2, 0.25) is 0 Å². The minimum Gasteiger partial charge on any atom is -0.409 e. The van der Waals surface area contributed by atoms with Crippen molar-refractivity contribution in [3.8, 4) is 0 Å². The third-order valence-corrected chi connectivity index (χ3v) is 2.79. The number of benzene rings is 1. The number of hydrogen-bond donors (Lipinski definition) is 3. The van der Waals surface area contributed by atoms with E-state index in [9.17, 15) is 9.90 Å². The smallest absolute Gasteiger partial charge is 0.237 e. The number of amides is 1. The summed E-state index contributed by atoms with van der Waals surface area (Å²) in [7, 11) is 1.57. The molecule has 110 valence electrons. The molecule has 0 heterocycles. The van der Waals surface area contributed by atoms with Crippen LogP contribution in [0, 0.1) is 0 Å². The second-order valence-electron chi connectivity index (χ2n) is 5.38. The lowest BCUT2D eigenvalue weighted by molar-refractivity contribution is -0.132. The fourth-order valence-electron chi connectivity index (χ4n) is 2.02. The predicted molar refractivity (Wildman–Crippen MR) is 76.5 cm³/mol. The van der Waals surface area contributed by atoms with Crippen LogP contribution in [0.4, 0.5) is 0 Å². The van der Waals surface area contributed by atoms with Crippen molar-refractivity contribution < 1.29 is 15.1 Å². The molecule has 0 aromatic heterocycles. The fourth-order valence-corrected chi connectivity index (χ4v) is 2.02. The van der Waals surface area contributed by atoms with Crippen molar-refractivity contribution in [3.05, 3.63) is 35.9 Å². The molecular formula is C14H21N3O3. The lowest BCUT2D eigenvalue weighted by Crippen LogP contribution is -2.44. The molecular weight excluding hydrogens is 258 g/mol. The number of carbonyl (C=O) groups excluding carboxylic acids is 1. The van der Waals surface area contributed by atoms with Gasteiger partial charge in [-0.1, -0.05) is 35.5 Å². The first-order valence-corrected chi connectivity index (χ1v) is 6.26. The zero-order chi connectivity index (χ0) is 15.3. The van der Waals surface area contributed by atoms with E-state index in [0.717, 1.165) is 0 Å². The van der Waals surface area contributed by atoms with E-state index in [1.54, 1.807) is 45.2 Å². The Morgan fingerprint density at radius 3 is 2.40 bits per heavy atom. The average Bonchev–Trinajstić information content (AvgIpc) is 2.37. The molecule has 0 saturated carbocycles. The average molecular weight is 279 g/mol. The summed E-state index contributed by atoms with van der Waals surface area (Å²) in [5.41, 5.74) is 5.26. The summed E-state index contributed by atoms with van der Waals surface area (Å²) in [6.45, 7) is 3.36. The Balaban J connectivity index is 3.04. The number of carbonyl (C=O) groups is 1. The Hall–Kier alpha value is -2.08. The van der Waals surface area contributed by atoms with Crippen LogP contribution in [-0.2, 0) is 4.79 Å². The SMILES string of the molecule is CN(CC(C)(C)O)C(=O)C(C(N)=NO)c1ccccc1. The summed E-state index contributed by atoms with van der Waals surface area (Å²) in [6, 6.07) is 8.83. The molecule has 6 heteroatoms. The highest BCUT2D eigenvalue weighted by molar-refractivity contribution is 6.07. The third-order valence-electron chi connectivity index (χ3n) is 2.79. The third kappa shape index (κ3) is 4.24. The molecule has 0 aliphatic rings. The van der Waals surface area contributed by atoms with Gasteiger partial charge in [-0.25, -0.2) is 0 Å². The van der Waals surface area contributed by atoms with Crippen LogP contribution in [0.15, 0.2) is 35.5 Å². The number of rotatable bonds is 5. The highest BCUT2D eigenvalue weighted by Gasteiger charge is 2.30. The van der Waals surface area contributed by atoms with Crippen LogP contribution in [0.1, 0.15) is 25.3 Å². The second-order valence-corrected chi connectivity index (χ2v) is 5.38. The lowest BCUT2D eigenvalue weighted by atomic mass is 9.96. The van der Waals surface area contributed by atoms with Crippen LogP contribution in [0.5, 0.6) is 0 Å². The van der Waals surface area contributed by atoms with Gasteiger partial charge >= 0.3 is 0 Å². The quantitative estimate of drug-likeness (QED) is 0.320. The van der Waals surface area contributed by atoms with Crippen molar-refractivity contribution in [2.75, 3.05) is 13.6 Å². The van der Waals surface area contributed by atoms with Gasteiger partial charge in [-0.05, 0) is 19.4 Å². The van der Waals surface area contributed by atoms with Crippen molar-refractivity contribution in [3.63, 3.8) is 0 Å². The van der Waals surface area contributed by atoms with Crippen LogP contribution in [0.3, 0.4) is 0 Å². The summed E-state index contributed by atoms with van der Waals surface area (Å²) in [6.07, 6.45) is 0. The van der Waals surface area contributed by atoms with Gasteiger partial charge in [0.05, 0.1) is 5.60 Å². The number of aliphatic hydroxyl groups is 1. The van der Waals surface area contributed by atoms with E-state index in [0.29, 0.717) is 5.56 Å². The monoisotopic (exact) mass is 279 g/mol. The molecule has 0 saturated heterocycles. The van der Waals surface area contributed by atoms with E-state index in [2.05, 4.69) is 5.16 Å². The van der Waals surface area contributed by atoms with Gasteiger partial charge in [0.15, 0.2) is 5.84 Å². The maximum Gasteiger partial charge on any atom is 0.237 e. The van der Waals surface area contributed by atoms with Crippen LogP contribution in [0.25, 0.3) is 0 Å². The number of amidine groups is 1. The summed E-state index contributed by atoms with van der Waals surface area (Å²) in [5, 5.41) is 21.6. The van der Waals surface area contributed by atoms with Gasteiger partial charge in [0, 0.05) is 13.6 Å². The molecule has 0 bridgehead atoms. The van der Waals surface area contributed by atoms with Gasteiger partial charge in [0.2, 0.25) is 5.91 Å². The Morgan fingerprint density at radius 1 is 1.40 bits per heavy atom. The highest BCUT2D eigenvalue weighted by atomic mass is 16.4. The molecule has 1 unspecified atom stereocenters. The molecule has 1 rings (SSSR count). The molecule has 0 aliphatic heterocycles. The summed E-state index contributed by atoms with van der Waals surface area (Å²) >= 11 is 0. The maximum absolute atomic E-state index is 12.5. The van der Waals surface area contributed by atoms with Gasteiger partial charge in [-0.15, -0.1) is 0 Å². The van der Waals surface area contributed by atoms with Gasteiger partial charge in [-0.3, -0.25) is 4.79 Å². The lowest BCUT2D eigenvalue weighted by Gasteiger charge is -2.28. The van der Waals surface area contributed by atoms with E-state index < -0.39 is 11.5 Å². The molecule has 1 aromatic rings. The molecule has 0 fully saturated rings. The predicted octanol–water partition coefficient (Wildman–Crippen LogP) is 0.746. The second kappa shape index (κ2) is 6.38. The molecule has 1 amide bonds. The molecule has 0 aliphatic carbocycles. The van der Waals surface area contributed by atoms with Crippen LogP contribution >= 0.6 is 0 Å². The normalized spacial score (nSPS) is 13.9. The minimum atomic E-state index is -1.02. The van der Waals surface area contributed by atoms with E-state index in [1.807, 2.05) is 6.07 Å². The van der Waals surface area contributed by atoms with Crippen molar-refractivity contribution in [2.24, 2.45) is 10.9 Å². The summed E-state index contributed by atoms with van der Waals surface area (Å²) in [4.78, 5) is 13.8. The van der Waals surface area contributed by atoms with Crippen molar-refractivity contribution in [2.45, 2.75) is 25.4 Å². The van der Waals surface area contributed by atoms with E-state index in [1.165, 1.54) is 4.90 Å². The number of nitrogens with zero attached hydrogens (tertiary/aromatic N) is 2. The number of oxime groups is 1. The molecule has 20 heavy (non-hydrogen) atoms. The van der Waals surface area contributed by atoms with Gasteiger partial charge < -0.3 is 20.9 Å². The first-order chi connectivity index (χ1) is 9.26. The Morgan fingerprint density at radius 2 is 1.95 bits per heavy atom. The molecule has 1 aromatic carbocycles. The van der Waals surface area contributed by atoms with Gasteiger partial charge in [0.1, 0.15) is 5.92 Å². The van der Waals surface area contributed by atoms with E-state index in [-0.39, 0.29) is 18.3 Å². The Kier molecular flexibility index (Phi) is 5.10. The van der Waals surface area contributed by atoms with Gasteiger partial charge in [0.25, 0.3) is 0 Å². The van der Waals surface area contributed by atoms with E-state index in [4.69, 9.17) is 10.9 Å². The minimum absolute atomic E-state index is 0.147. The highest BCUT2D eigenvalue weighted by Crippen LogP contribution is 2.19. The Labute approximate surface area is 118 Å². The molecule has 0 spiro atoms. The van der Waals surface area contributed by atoms with Crippen molar-refractivity contribution in [1.82, 2.24) is 4.90 Å². The van der Waals surface area contributed by atoms with E-state index >= 15 is 0 Å². The molecule has 1 atom stereocenters. The summed E-state index contributed by atoms with van der Waals surface area (Å²) < 4.78 is 0. The molecule has 4 N–H and O–H groups in total. The first-order valence-electron chi connectivity index (χ1n) is 6.26. The number of hydrogen-bond acceptors (Lipinski definition) is 4. The van der Waals surface area contributed by atoms with Crippen molar-refractivity contribution in [1.29, 1.82) is 0 Å². The van der Waals surface area contributed by atoms with Crippen LogP contribution < -0.4 is 5.73 Å². The van der Waals surface area contributed by atoms with Crippen molar-refractivity contribution >= 4 is 11.7 Å². The van der Waals surface area contributed by atoms with Crippen LogP contribution in [-0.4, -0.2) is 46.1 Å². The van der Waals surface area contributed by atoms with Gasteiger partial charge in [-0.2, -0.15) is 0 Å². The topological polar surface area (TPSA) is 99.2 Å². The zero-order valence-electron chi connectivity index (χ0n) is 11.9. The fraction of sp³-hybridized carbons (Fsp3) is 0.429. The first kappa shape index (κ1) is 16.0. The largest absolute Gasteiger partial charge is 0.409 e. The number of nitrogens with two attached hydrogens (primary N) is 1. The summed E-state index contributed by atoms with van der Waals surface area (Å²) in [5.74, 6) is -1.38. The zero-order valence-corrected chi connectivity index (χ0v) is 11.9. The number of likely N-dealkylation sites (N-methyl/N-ethyl adjacent to an activating group) is 1. The molecule has 0 radical (unpaired) electrons. The Bertz CT molecular complexity index is 480. The standard InChI is InChI=1S/C14H21N3O3/c1-14(2,19)9-17(3)13(18)11(12(15)16-20)10-7-5-4-6-8-10/h4-8,11,19-20H,9H2,1-3H3,(H2,15,16). The molecule has 6 nitrogen and oxygen atoms in total.